The molecule has 6 nitrogen and oxygen atoms in total. The number of rotatable bonds is 7. The summed E-state index contributed by atoms with van der Waals surface area (Å²) in [6.45, 7) is 4.92. The largest absolute Gasteiger partial charge is 0.495 e. The van der Waals surface area contributed by atoms with Crippen LogP contribution in [-0.2, 0) is 6.54 Å². The number of aromatic nitrogens is 2. The number of para-hydroxylation sites is 3. The first-order valence-electron chi connectivity index (χ1n) is 11.1. The number of nitrogens with one attached hydrogen (secondary N) is 1. The van der Waals surface area contributed by atoms with Gasteiger partial charge in [0.25, 0.3) is 0 Å². The molecule has 2 aromatic carbocycles. The summed E-state index contributed by atoms with van der Waals surface area (Å²) in [6, 6.07) is 22.7. The van der Waals surface area contributed by atoms with Crippen LogP contribution in [0.15, 0.2) is 84.0 Å². The molecular weight excluding hydrogens is 430 g/mol. The highest BCUT2D eigenvalue weighted by Gasteiger charge is 2.19. The van der Waals surface area contributed by atoms with Gasteiger partial charge in [0.1, 0.15) is 11.6 Å². The van der Waals surface area contributed by atoms with Gasteiger partial charge in [-0.15, -0.1) is 0 Å². The van der Waals surface area contributed by atoms with E-state index in [-0.39, 0.29) is 0 Å². The van der Waals surface area contributed by atoms with Gasteiger partial charge in [0.15, 0.2) is 0 Å². The number of fused-ring (bicyclic) bond motifs is 1. The van der Waals surface area contributed by atoms with Gasteiger partial charge < -0.3 is 14.4 Å². The monoisotopic (exact) mass is 457 g/mol. The molecule has 0 bridgehead atoms. The number of hydrogen-bond acceptors (Lipinski definition) is 7. The maximum absolute atomic E-state index is 5.53. The molecule has 1 N–H and O–H groups in total. The molecule has 1 fully saturated rings. The fourth-order valence-electron chi connectivity index (χ4n) is 4.14. The van der Waals surface area contributed by atoms with E-state index < -0.39 is 0 Å². The zero-order chi connectivity index (χ0) is 22.5. The van der Waals surface area contributed by atoms with E-state index in [1.807, 2.05) is 36.7 Å². The highest BCUT2D eigenvalue weighted by atomic mass is 32.2. The van der Waals surface area contributed by atoms with Gasteiger partial charge in [-0.05, 0) is 47.8 Å². The molecule has 0 amide bonds. The number of anilines is 2. The Morgan fingerprint density at radius 2 is 1.76 bits per heavy atom. The quantitative estimate of drug-likeness (QED) is 0.388. The summed E-state index contributed by atoms with van der Waals surface area (Å²) in [5.41, 5.74) is 3.40. The number of nitrogens with zero attached hydrogens (tertiary/aromatic N) is 4. The van der Waals surface area contributed by atoms with Crippen molar-refractivity contribution >= 4 is 34.4 Å². The van der Waals surface area contributed by atoms with E-state index in [4.69, 9.17) is 4.74 Å². The summed E-state index contributed by atoms with van der Waals surface area (Å²) < 4.78 is 8.88. The minimum Gasteiger partial charge on any atom is -0.495 e. The number of ether oxygens (including phenoxy) is 1. The maximum atomic E-state index is 5.53. The van der Waals surface area contributed by atoms with Crippen LogP contribution in [0.5, 0.6) is 5.75 Å². The van der Waals surface area contributed by atoms with Crippen LogP contribution < -0.4 is 14.4 Å². The molecule has 0 saturated carbocycles. The van der Waals surface area contributed by atoms with Crippen LogP contribution in [0.3, 0.4) is 0 Å². The van der Waals surface area contributed by atoms with Crippen molar-refractivity contribution in [3.63, 3.8) is 0 Å². The van der Waals surface area contributed by atoms with Crippen molar-refractivity contribution in [1.29, 1.82) is 0 Å². The molecule has 0 unspecified atom stereocenters. The van der Waals surface area contributed by atoms with E-state index in [1.54, 1.807) is 19.1 Å². The van der Waals surface area contributed by atoms with Gasteiger partial charge in [0, 0.05) is 50.5 Å². The van der Waals surface area contributed by atoms with Gasteiger partial charge in [-0.25, -0.2) is 4.98 Å². The fourth-order valence-corrected chi connectivity index (χ4v) is 4.89. The lowest BCUT2D eigenvalue weighted by Crippen LogP contribution is -2.46. The summed E-state index contributed by atoms with van der Waals surface area (Å²) in [7, 11) is 1.73. The normalized spacial score (nSPS) is 14.4. The Hall–Kier alpha value is -3.29. The van der Waals surface area contributed by atoms with Crippen LogP contribution in [0.2, 0.25) is 0 Å². The first kappa shape index (κ1) is 21.6. The molecule has 2 aromatic heterocycles. The second-order valence-electron chi connectivity index (χ2n) is 8.02. The lowest BCUT2D eigenvalue weighted by atomic mass is 10.2. The first-order chi connectivity index (χ1) is 16.3. The minimum absolute atomic E-state index is 0.845. The van der Waals surface area contributed by atoms with E-state index in [1.165, 1.54) is 11.3 Å². The molecule has 5 rings (SSSR count). The second kappa shape index (κ2) is 10.1. The van der Waals surface area contributed by atoms with Crippen molar-refractivity contribution in [2.75, 3.05) is 42.9 Å². The Balaban J connectivity index is 1.15. The molecule has 168 valence electrons. The van der Waals surface area contributed by atoms with E-state index in [2.05, 4.69) is 67.0 Å². The van der Waals surface area contributed by atoms with Crippen molar-refractivity contribution in [2.45, 2.75) is 11.4 Å². The van der Waals surface area contributed by atoms with Crippen molar-refractivity contribution in [2.24, 2.45) is 0 Å². The SMILES string of the molecule is COc1ccccc1N1CCN(Cc2ccc(NSc3cccc4cccnc34)nc2)CC1. The molecule has 0 radical (unpaired) electrons. The summed E-state index contributed by atoms with van der Waals surface area (Å²) in [5, 5.41) is 1.14. The van der Waals surface area contributed by atoms with Gasteiger partial charge >= 0.3 is 0 Å². The summed E-state index contributed by atoms with van der Waals surface area (Å²) >= 11 is 1.54. The smallest absolute Gasteiger partial charge is 0.142 e. The maximum Gasteiger partial charge on any atom is 0.142 e. The highest BCUT2D eigenvalue weighted by Crippen LogP contribution is 2.29. The van der Waals surface area contributed by atoms with Crippen molar-refractivity contribution in [1.82, 2.24) is 14.9 Å². The average Bonchev–Trinajstić information content (AvgIpc) is 2.89. The van der Waals surface area contributed by atoms with Crippen LogP contribution in [0.1, 0.15) is 5.56 Å². The van der Waals surface area contributed by atoms with E-state index in [0.29, 0.717) is 0 Å². The minimum atomic E-state index is 0.845. The van der Waals surface area contributed by atoms with Gasteiger partial charge in [-0.2, -0.15) is 0 Å². The first-order valence-corrected chi connectivity index (χ1v) is 11.9. The molecule has 7 heteroatoms. The van der Waals surface area contributed by atoms with Gasteiger partial charge in [0.05, 0.1) is 23.2 Å². The van der Waals surface area contributed by atoms with Crippen molar-refractivity contribution < 1.29 is 4.74 Å². The molecule has 4 aromatic rings. The van der Waals surface area contributed by atoms with Crippen LogP contribution in [0.25, 0.3) is 10.9 Å². The van der Waals surface area contributed by atoms with Crippen LogP contribution >= 0.6 is 11.9 Å². The summed E-state index contributed by atoms with van der Waals surface area (Å²) in [4.78, 5) is 15.1. The molecule has 0 atom stereocenters. The Morgan fingerprint density at radius 1 is 0.909 bits per heavy atom. The third-order valence-electron chi connectivity index (χ3n) is 5.89. The second-order valence-corrected chi connectivity index (χ2v) is 8.87. The predicted molar refractivity (Wildman–Crippen MR) is 136 cm³/mol. The molecule has 1 saturated heterocycles. The third kappa shape index (κ3) is 5.05. The predicted octanol–water partition coefficient (Wildman–Crippen LogP) is 5.08. The van der Waals surface area contributed by atoms with Gasteiger partial charge in [0.2, 0.25) is 0 Å². The van der Waals surface area contributed by atoms with E-state index >= 15 is 0 Å². The molecule has 1 aliphatic rings. The van der Waals surface area contributed by atoms with Crippen molar-refractivity contribution in [3.05, 3.63) is 84.7 Å². The summed E-state index contributed by atoms with van der Waals surface area (Å²) in [6.07, 6.45) is 3.80. The highest BCUT2D eigenvalue weighted by molar-refractivity contribution is 8.00. The van der Waals surface area contributed by atoms with E-state index in [9.17, 15) is 0 Å². The average molecular weight is 458 g/mol. The van der Waals surface area contributed by atoms with Gasteiger partial charge in [-0.1, -0.05) is 36.4 Å². The molecule has 0 spiro atoms. The van der Waals surface area contributed by atoms with Crippen LogP contribution in [0, 0.1) is 0 Å². The van der Waals surface area contributed by atoms with Crippen molar-refractivity contribution in [3.8, 4) is 5.75 Å². The molecule has 0 aliphatic carbocycles. The Kier molecular flexibility index (Phi) is 6.60. The lowest BCUT2D eigenvalue weighted by Gasteiger charge is -2.36. The molecular formula is C26H27N5OS. The fraction of sp³-hybridized carbons (Fsp3) is 0.231. The lowest BCUT2D eigenvalue weighted by molar-refractivity contribution is 0.249. The summed E-state index contributed by atoms with van der Waals surface area (Å²) in [5.74, 6) is 1.79. The number of hydrogen-bond donors (Lipinski definition) is 1. The molecule has 3 heterocycles. The third-order valence-corrected chi connectivity index (χ3v) is 6.75. The zero-order valence-electron chi connectivity index (χ0n) is 18.6. The topological polar surface area (TPSA) is 53.5 Å². The number of pyridine rings is 2. The molecule has 33 heavy (non-hydrogen) atoms. The number of methoxy groups -OCH3 is 1. The Morgan fingerprint density at radius 3 is 2.58 bits per heavy atom. The van der Waals surface area contributed by atoms with Crippen LogP contribution in [-0.4, -0.2) is 48.2 Å². The van der Waals surface area contributed by atoms with Crippen LogP contribution in [0.4, 0.5) is 11.5 Å². The standard InChI is InChI=1S/C26H27N5OS/c1-32-23-9-3-2-8-22(23)31-16-14-30(15-17-31)19-20-11-12-25(28-18-20)29-33-24-10-4-6-21-7-5-13-27-26(21)24/h2-13,18H,14-17,19H2,1H3,(H,28,29). The molecule has 1 aliphatic heterocycles. The number of piperazine rings is 1. The number of benzene rings is 2. The Bertz CT molecular complexity index is 1200. The zero-order valence-corrected chi connectivity index (χ0v) is 19.5. The Labute approximate surface area is 198 Å². The van der Waals surface area contributed by atoms with E-state index in [0.717, 1.165) is 60.1 Å². The van der Waals surface area contributed by atoms with Gasteiger partial charge in [-0.3, -0.25) is 9.88 Å².